The smallest absolute Gasteiger partial charge is 0.410 e. The number of fused-ring (bicyclic) bond motifs is 1. The summed E-state index contributed by atoms with van der Waals surface area (Å²) in [4.78, 5) is 31.4. The molecule has 0 atom stereocenters. The highest BCUT2D eigenvalue weighted by Crippen LogP contribution is 2.45. The molecule has 2 N–H and O–H groups in total. The molecule has 1 aromatic carbocycles. The number of hydrogen-bond acceptors (Lipinski definition) is 6. The molecule has 37 heavy (non-hydrogen) atoms. The predicted octanol–water partition coefficient (Wildman–Crippen LogP) is 4.63. The Balaban J connectivity index is 1.33. The molecule has 2 amide bonds. The molecule has 1 aliphatic carbocycles. The van der Waals surface area contributed by atoms with Crippen molar-refractivity contribution in [2.24, 2.45) is 5.92 Å². The summed E-state index contributed by atoms with van der Waals surface area (Å²) in [6, 6.07) is 8.04. The molecular weight excluding hydrogens is 468 g/mol. The van der Waals surface area contributed by atoms with E-state index in [0.29, 0.717) is 23.3 Å². The number of aryl methyl sites for hydroxylation is 1. The van der Waals surface area contributed by atoms with Crippen LogP contribution in [0.4, 0.5) is 10.5 Å². The van der Waals surface area contributed by atoms with Gasteiger partial charge in [0.25, 0.3) is 5.91 Å². The molecule has 9 heteroatoms. The van der Waals surface area contributed by atoms with Gasteiger partial charge in [-0.1, -0.05) is 6.07 Å². The fourth-order valence-corrected chi connectivity index (χ4v) is 4.76. The Hall–Kier alpha value is -3.62. The molecule has 3 heterocycles. The van der Waals surface area contributed by atoms with Gasteiger partial charge in [0.2, 0.25) is 0 Å². The van der Waals surface area contributed by atoms with Gasteiger partial charge < -0.3 is 20.3 Å². The summed E-state index contributed by atoms with van der Waals surface area (Å²) in [7, 11) is 1.64. The number of nitrogens with one attached hydrogen (secondary N) is 2. The molecule has 5 rings (SSSR count). The van der Waals surface area contributed by atoms with E-state index in [4.69, 9.17) is 9.84 Å². The highest BCUT2D eigenvalue weighted by atomic mass is 16.6. The fraction of sp³-hybridized carbons (Fsp3) is 0.500. The summed E-state index contributed by atoms with van der Waals surface area (Å²) in [5.41, 5.74) is 4.14. The molecule has 0 unspecified atom stereocenters. The number of amides is 2. The largest absolute Gasteiger partial charge is 0.444 e. The van der Waals surface area contributed by atoms with Crippen LogP contribution in [0.2, 0.25) is 0 Å². The minimum absolute atomic E-state index is 0.188. The van der Waals surface area contributed by atoms with Gasteiger partial charge in [0.15, 0.2) is 5.82 Å². The van der Waals surface area contributed by atoms with Crippen molar-refractivity contribution in [1.82, 2.24) is 25.0 Å². The van der Waals surface area contributed by atoms with Gasteiger partial charge in [-0.2, -0.15) is 5.10 Å². The van der Waals surface area contributed by atoms with E-state index in [1.165, 1.54) is 5.56 Å². The third-order valence-corrected chi connectivity index (χ3v) is 6.89. The molecule has 9 nitrogen and oxygen atoms in total. The maximum absolute atomic E-state index is 12.9. The Bertz CT molecular complexity index is 1310. The molecule has 1 aliphatic heterocycles. The number of hydrogen-bond donors (Lipinski definition) is 2. The number of ether oxygens (including phenoxy) is 1. The lowest BCUT2D eigenvalue weighted by Crippen LogP contribution is -2.51. The SMILES string of the molecule is CNC(=O)c1c2cc(C3CC3)c(NCCC3CN(C(=O)OC(C)(C)C)C3)cc2nn1-c1ccc(C)cn1. The van der Waals surface area contributed by atoms with Gasteiger partial charge in [0.1, 0.15) is 11.3 Å². The maximum Gasteiger partial charge on any atom is 0.410 e. The van der Waals surface area contributed by atoms with Crippen molar-refractivity contribution in [3.05, 3.63) is 47.3 Å². The van der Waals surface area contributed by atoms with Crippen LogP contribution in [-0.2, 0) is 4.74 Å². The summed E-state index contributed by atoms with van der Waals surface area (Å²) in [5, 5.41) is 12.0. The normalized spacial score (nSPS) is 16.0. The van der Waals surface area contributed by atoms with Gasteiger partial charge in [0, 0.05) is 44.0 Å². The van der Waals surface area contributed by atoms with Crippen molar-refractivity contribution in [1.29, 1.82) is 0 Å². The Kier molecular flexibility index (Phi) is 6.56. The number of carbonyl (C=O) groups is 2. The van der Waals surface area contributed by atoms with Crippen LogP contribution in [0.15, 0.2) is 30.5 Å². The van der Waals surface area contributed by atoms with Crippen LogP contribution in [-0.4, -0.2) is 63.9 Å². The first-order valence-corrected chi connectivity index (χ1v) is 13.1. The second-order valence-electron chi connectivity index (χ2n) is 11.2. The van der Waals surface area contributed by atoms with Crippen molar-refractivity contribution in [2.45, 2.75) is 58.5 Å². The van der Waals surface area contributed by atoms with Crippen LogP contribution in [0.25, 0.3) is 16.7 Å². The summed E-state index contributed by atoms with van der Waals surface area (Å²) in [6.07, 6.45) is 4.81. The van der Waals surface area contributed by atoms with Crippen LogP contribution < -0.4 is 10.6 Å². The van der Waals surface area contributed by atoms with E-state index < -0.39 is 5.60 Å². The molecule has 2 fully saturated rings. The molecular formula is C28H36N6O3. The van der Waals surface area contributed by atoms with E-state index >= 15 is 0 Å². The van der Waals surface area contributed by atoms with Crippen molar-refractivity contribution in [3.63, 3.8) is 0 Å². The lowest BCUT2D eigenvalue weighted by atomic mass is 9.96. The molecule has 1 saturated carbocycles. The van der Waals surface area contributed by atoms with Gasteiger partial charge >= 0.3 is 6.09 Å². The van der Waals surface area contributed by atoms with E-state index in [1.54, 1.807) is 22.8 Å². The number of pyridine rings is 1. The Morgan fingerprint density at radius 2 is 1.92 bits per heavy atom. The van der Waals surface area contributed by atoms with Crippen molar-refractivity contribution < 1.29 is 14.3 Å². The number of likely N-dealkylation sites (tertiary alicyclic amines) is 1. The van der Waals surface area contributed by atoms with E-state index in [0.717, 1.165) is 61.1 Å². The van der Waals surface area contributed by atoms with Gasteiger partial charge in [-0.15, -0.1) is 0 Å². The number of rotatable bonds is 7. The highest BCUT2D eigenvalue weighted by molar-refractivity contribution is 6.06. The van der Waals surface area contributed by atoms with E-state index in [2.05, 4.69) is 27.8 Å². The Morgan fingerprint density at radius 3 is 2.54 bits per heavy atom. The summed E-state index contributed by atoms with van der Waals surface area (Å²) >= 11 is 0. The second-order valence-corrected chi connectivity index (χ2v) is 11.2. The van der Waals surface area contributed by atoms with Gasteiger partial charge in [-0.25, -0.2) is 14.5 Å². The molecule has 2 aromatic heterocycles. The lowest BCUT2D eigenvalue weighted by molar-refractivity contribution is -0.00161. The van der Waals surface area contributed by atoms with Crippen LogP contribution in [0.5, 0.6) is 0 Å². The third kappa shape index (κ3) is 5.40. The molecule has 1 saturated heterocycles. The Morgan fingerprint density at radius 1 is 1.16 bits per heavy atom. The number of aromatic nitrogens is 3. The summed E-state index contributed by atoms with van der Waals surface area (Å²) < 4.78 is 7.10. The third-order valence-electron chi connectivity index (χ3n) is 6.89. The van der Waals surface area contributed by atoms with Crippen LogP contribution in [0.1, 0.15) is 67.6 Å². The minimum atomic E-state index is -0.470. The van der Waals surface area contributed by atoms with Crippen molar-refractivity contribution >= 4 is 28.6 Å². The van der Waals surface area contributed by atoms with Crippen LogP contribution >= 0.6 is 0 Å². The average Bonchev–Trinajstić information content (AvgIpc) is 3.59. The fourth-order valence-electron chi connectivity index (χ4n) is 4.76. The molecule has 3 aromatic rings. The van der Waals surface area contributed by atoms with Crippen molar-refractivity contribution in [2.75, 3.05) is 32.0 Å². The topological polar surface area (TPSA) is 101 Å². The molecule has 0 bridgehead atoms. The second kappa shape index (κ2) is 9.68. The monoisotopic (exact) mass is 504 g/mol. The van der Waals surface area contributed by atoms with Crippen molar-refractivity contribution in [3.8, 4) is 5.82 Å². The lowest BCUT2D eigenvalue weighted by Gasteiger charge is -2.40. The quantitative estimate of drug-likeness (QED) is 0.486. The first-order valence-electron chi connectivity index (χ1n) is 13.1. The zero-order valence-electron chi connectivity index (χ0n) is 22.3. The first-order chi connectivity index (χ1) is 17.6. The van der Waals surface area contributed by atoms with E-state index in [1.807, 2.05) is 39.8 Å². The molecule has 0 spiro atoms. The molecule has 0 radical (unpaired) electrons. The predicted molar refractivity (Wildman–Crippen MR) is 143 cm³/mol. The van der Waals surface area contributed by atoms with Gasteiger partial charge in [0.05, 0.1) is 5.52 Å². The van der Waals surface area contributed by atoms with Gasteiger partial charge in [-0.3, -0.25) is 4.79 Å². The molecule has 2 aliphatic rings. The number of nitrogens with zero attached hydrogens (tertiary/aromatic N) is 4. The van der Waals surface area contributed by atoms with Crippen LogP contribution in [0, 0.1) is 12.8 Å². The number of anilines is 1. The Labute approximate surface area is 217 Å². The maximum atomic E-state index is 12.9. The zero-order chi connectivity index (χ0) is 26.3. The van der Waals surface area contributed by atoms with Gasteiger partial charge in [-0.05, 0) is 88.1 Å². The van der Waals surface area contributed by atoms with Crippen LogP contribution in [0.3, 0.4) is 0 Å². The molecule has 196 valence electrons. The summed E-state index contributed by atoms with van der Waals surface area (Å²) in [5.74, 6) is 1.38. The highest BCUT2D eigenvalue weighted by Gasteiger charge is 2.34. The minimum Gasteiger partial charge on any atom is -0.444 e. The summed E-state index contributed by atoms with van der Waals surface area (Å²) in [6.45, 7) is 9.91. The average molecular weight is 505 g/mol. The van der Waals surface area contributed by atoms with E-state index in [-0.39, 0.29) is 12.0 Å². The van der Waals surface area contributed by atoms with E-state index in [9.17, 15) is 9.59 Å². The zero-order valence-corrected chi connectivity index (χ0v) is 22.3. The first kappa shape index (κ1) is 25.0. The number of carbonyl (C=O) groups excluding carboxylic acids is 2. The number of benzene rings is 1. The standard InChI is InChI=1S/C28H36N6O3/c1-17-6-9-24(31-14-17)34-25(26(35)29-5)21-12-20(19-7-8-19)22(13-23(21)32-34)30-11-10-18-15-33(16-18)27(36)37-28(2,3)4/h6,9,12-14,18-19,30H,7-8,10-11,15-16H2,1-5H3,(H,29,35).